The monoisotopic (exact) mass is 312 g/mol. The second kappa shape index (κ2) is 7.24. The molecule has 0 aliphatic carbocycles. The van der Waals surface area contributed by atoms with Gasteiger partial charge in [-0.25, -0.2) is 13.1 Å². The Kier molecular flexibility index (Phi) is 5.61. The van der Waals surface area contributed by atoms with Crippen molar-refractivity contribution in [1.82, 2.24) is 9.62 Å². The molecule has 21 heavy (non-hydrogen) atoms. The number of piperidine rings is 1. The number of hydrogen-bond acceptors (Lipinski definition) is 4. The summed E-state index contributed by atoms with van der Waals surface area (Å²) in [5.41, 5.74) is 0. The summed E-state index contributed by atoms with van der Waals surface area (Å²) in [7, 11) is -1.87. The van der Waals surface area contributed by atoms with Crippen molar-refractivity contribution < 1.29 is 13.2 Å². The molecule has 118 valence electrons. The molecule has 1 fully saturated rings. The highest BCUT2D eigenvalue weighted by atomic mass is 32.2. The Balaban J connectivity index is 1.85. The fourth-order valence-electron chi connectivity index (χ4n) is 2.67. The van der Waals surface area contributed by atoms with Gasteiger partial charge in [0.05, 0.1) is 12.0 Å². The molecule has 5 nitrogen and oxygen atoms in total. The smallest absolute Gasteiger partial charge is 0.240 e. The Morgan fingerprint density at radius 2 is 2.05 bits per heavy atom. The zero-order chi connectivity index (χ0) is 15.3. The van der Waals surface area contributed by atoms with Crippen LogP contribution in [-0.4, -0.2) is 46.6 Å². The van der Waals surface area contributed by atoms with E-state index in [1.807, 2.05) is 0 Å². The Morgan fingerprint density at radius 1 is 1.33 bits per heavy atom. The molecule has 2 rings (SSSR count). The van der Waals surface area contributed by atoms with Crippen molar-refractivity contribution >= 4 is 10.0 Å². The molecule has 0 amide bonds. The van der Waals surface area contributed by atoms with Crippen molar-refractivity contribution in [2.75, 3.05) is 33.3 Å². The van der Waals surface area contributed by atoms with Gasteiger partial charge < -0.3 is 9.64 Å². The minimum atomic E-state index is -3.43. The average Bonchev–Trinajstić information content (AvgIpc) is 2.47. The minimum Gasteiger partial charge on any atom is -0.497 e. The van der Waals surface area contributed by atoms with Crippen LogP contribution in [0.3, 0.4) is 0 Å². The lowest BCUT2D eigenvalue weighted by Gasteiger charge is -2.30. The molecule has 0 saturated carbocycles. The second-order valence-electron chi connectivity index (χ2n) is 5.62. The standard InChI is InChI=1S/C15H24N2O3S/c1-13-4-3-10-17(12-13)11-9-16-21(18,19)15-7-5-14(20-2)6-8-15/h5-8,13,16H,3-4,9-12H2,1-2H3. The number of likely N-dealkylation sites (tertiary alicyclic amines) is 1. The molecular formula is C15H24N2O3S. The van der Waals surface area contributed by atoms with Crippen LogP contribution in [0.25, 0.3) is 0 Å². The van der Waals surface area contributed by atoms with Gasteiger partial charge in [0.15, 0.2) is 0 Å². The molecule has 1 heterocycles. The summed E-state index contributed by atoms with van der Waals surface area (Å²) in [5.74, 6) is 1.35. The average molecular weight is 312 g/mol. The Bertz CT molecular complexity index is 543. The maximum absolute atomic E-state index is 12.2. The highest BCUT2D eigenvalue weighted by Crippen LogP contribution is 2.16. The van der Waals surface area contributed by atoms with E-state index in [1.54, 1.807) is 31.4 Å². The van der Waals surface area contributed by atoms with Crippen molar-refractivity contribution in [2.24, 2.45) is 5.92 Å². The van der Waals surface area contributed by atoms with Crippen LogP contribution in [0.5, 0.6) is 5.75 Å². The largest absolute Gasteiger partial charge is 0.497 e. The van der Waals surface area contributed by atoms with Gasteiger partial charge >= 0.3 is 0 Å². The van der Waals surface area contributed by atoms with Crippen molar-refractivity contribution in [3.05, 3.63) is 24.3 Å². The number of hydrogen-bond donors (Lipinski definition) is 1. The molecular weight excluding hydrogens is 288 g/mol. The van der Waals surface area contributed by atoms with Gasteiger partial charge in [-0.05, 0) is 49.6 Å². The molecule has 1 unspecified atom stereocenters. The summed E-state index contributed by atoms with van der Waals surface area (Å²) >= 11 is 0. The predicted molar refractivity (Wildman–Crippen MR) is 83.0 cm³/mol. The normalized spacial score (nSPS) is 20.4. The van der Waals surface area contributed by atoms with E-state index in [2.05, 4.69) is 16.5 Å². The van der Waals surface area contributed by atoms with E-state index in [-0.39, 0.29) is 4.90 Å². The van der Waals surface area contributed by atoms with Gasteiger partial charge in [-0.15, -0.1) is 0 Å². The van der Waals surface area contributed by atoms with E-state index >= 15 is 0 Å². The molecule has 1 aliphatic rings. The van der Waals surface area contributed by atoms with Gasteiger partial charge in [0.25, 0.3) is 0 Å². The summed E-state index contributed by atoms with van der Waals surface area (Å²) in [4.78, 5) is 2.60. The Labute approximate surface area is 127 Å². The van der Waals surface area contributed by atoms with Crippen LogP contribution in [0.15, 0.2) is 29.2 Å². The van der Waals surface area contributed by atoms with E-state index < -0.39 is 10.0 Å². The number of nitrogens with one attached hydrogen (secondary N) is 1. The van der Waals surface area contributed by atoms with Crippen LogP contribution in [0, 0.1) is 5.92 Å². The summed E-state index contributed by atoms with van der Waals surface area (Å²) in [6.07, 6.45) is 2.47. The number of sulfonamides is 1. The van der Waals surface area contributed by atoms with Crippen molar-refractivity contribution in [2.45, 2.75) is 24.7 Å². The van der Waals surface area contributed by atoms with E-state index in [1.165, 1.54) is 12.8 Å². The predicted octanol–water partition coefficient (Wildman–Crippen LogP) is 1.71. The van der Waals surface area contributed by atoms with Gasteiger partial charge in [0.1, 0.15) is 5.75 Å². The summed E-state index contributed by atoms with van der Waals surface area (Å²) in [6, 6.07) is 6.43. The van der Waals surface area contributed by atoms with Crippen molar-refractivity contribution in [3.63, 3.8) is 0 Å². The molecule has 0 radical (unpaired) electrons. The summed E-state index contributed by atoms with van der Waals surface area (Å²) in [6.45, 7) is 5.58. The van der Waals surface area contributed by atoms with Gasteiger partial charge in [-0.2, -0.15) is 0 Å². The molecule has 1 N–H and O–H groups in total. The lowest BCUT2D eigenvalue weighted by molar-refractivity contribution is 0.187. The van der Waals surface area contributed by atoms with Crippen LogP contribution in [0.1, 0.15) is 19.8 Å². The first-order valence-electron chi connectivity index (χ1n) is 7.37. The number of nitrogens with zero attached hydrogens (tertiary/aromatic N) is 1. The molecule has 0 bridgehead atoms. The third kappa shape index (κ3) is 4.69. The van der Waals surface area contributed by atoms with Gasteiger partial charge in [-0.1, -0.05) is 6.92 Å². The van der Waals surface area contributed by atoms with Crippen molar-refractivity contribution in [1.29, 1.82) is 0 Å². The van der Waals surface area contributed by atoms with Crippen molar-refractivity contribution in [3.8, 4) is 5.75 Å². The Morgan fingerprint density at radius 3 is 2.67 bits per heavy atom. The summed E-state index contributed by atoms with van der Waals surface area (Å²) in [5, 5.41) is 0. The van der Waals surface area contributed by atoms with Gasteiger partial charge in [-0.3, -0.25) is 0 Å². The molecule has 6 heteroatoms. The van der Waals surface area contributed by atoms with Crippen LogP contribution >= 0.6 is 0 Å². The molecule has 1 saturated heterocycles. The van der Waals surface area contributed by atoms with Gasteiger partial charge in [0, 0.05) is 19.6 Å². The van der Waals surface area contributed by atoms with E-state index in [9.17, 15) is 8.42 Å². The molecule has 0 spiro atoms. The van der Waals surface area contributed by atoms with E-state index in [4.69, 9.17) is 4.74 Å². The lowest BCUT2D eigenvalue weighted by atomic mass is 10.0. The molecule has 1 aliphatic heterocycles. The number of ether oxygens (including phenoxy) is 1. The maximum Gasteiger partial charge on any atom is 0.240 e. The van der Waals surface area contributed by atoms with Crippen LogP contribution in [0.2, 0.25) is 0 Å². The number of rotatable bonds is 6. The molecule has 1 aromatic rings. The lowest BCUT2D eigenvalue weighted by Crippen LogP contribution is -2.40. The maximum atomic E-state index is 12.2. The SMILES string of the molecule is COc1ccc(S(=O)(=O)NCCN2CCCC(C)C2)cc1. The fraction of sp³-hybridized carbons (Fsp3) is 0.600. The van der Waals surface area contributed by atoms with Gasteiger partial charge in [0.2, 0.25) is 10.0 Å². The molecule has 1 aromatic carbocycles. The fourth-order valence-corrected chi connectivity index (χ4v) is 3.69. The quantitative estimate of drug-likeness (QED) is 0.869. The number of benzene rings is 1. The van der Waals surface area contributed by atoms with Crippen LogP contribution < -0.4 is 9.46 Å². The zero-order valence-corrected chi connectivity index (χ0v) is 13.5. The first kappa shape index (κ1) is 16.3. The minimum absolute atomic E-state index is 0.273. The highest BCUT2D eigenvalue weighted by Gasteiger charge is 2.17. The zero-order valence-electron chi connectivity index (χ0n) is 12.7. The second-order valence-corrected chi connectivity index (χ2v) is 7.39. The summed E-state index contributed by atoms with van der Waals surface area (Å²) < 4.78 is 32.0. The first-order chi connectivity index (χ1) is 10.0. The van der Waals surface area contributed by atoms with E-state index in [0.717, 1.165) is 19.6 Å². The molecule has 0 aromatic heterocycles. The third-order valence-electron chi connectivity index (χ3n) is 3.83. The molecule has 1 atom stereocenters. The topological polar surface area (TPSA) is 58.6 Å². The van der Waals surface area contributed by atoms with E-state index in [0.29, 0.717) is 18.2 Å². The third-order valence-corrected chi connectivity index (χ3v) is 5.31. The first-order valence-corrected chi connectivity index (χ1v) is 8.85. The van der Waals surface area contributed by atoms with Crippen LogP contribution in [0.4, 0.5) is 0 Å². The number of methoxy groups -OCH3 is 1. The Hall–Kier alpha value is -1.11. The van der Waals surface area contributed by atoms with Crippen LogP contribution in [-0.2, 0) is 10.0 Å². The highest BCUT2D eigenvalue weighted by molar-refractivity contribution is 7.89.